The summed E-state index contributed by atoms with van der Waals surface area (Å²) in [4.78, 5) is 0. The molecule has 0 unspecified atom stereocenters. The van der Waals surface area contributed by atoms with Crippen LogP contribution in [0.2, 0.25) is 25.7 Å². The minimum absolute atomic E-state index is 0.938. The van der Waals surface area contributed by atoms with Crippen molar-refractivity contribution in [1.82, 2.24) is 0 Å². The molecule has 2 heteroatoms. The van der Waals surface area contributed by atoms with Gasteiger partial charge in [0.05, 0.1) is 0 Å². The van der Waals surface area contributed by atoms with E-state index in [4.69, 9.17) is 0 Å². The first-order chi connectivity index (χ1) is 7.53. The molecular formula is C14H21BrSi. The lowest BCUT2D eigenvalue weighted by atomic mass is 10.0. The molecule has 0 aliphatic carbocycles. The number of hydrogen-bond acceptors (Lipinski definition) is 0. The lowest BCUT2D eigenvalue weighted by molar-refractivity contribution is 1.17. The molecule has 1 aromatic rings. The van der Waals surface area contributed by atoms with E-state index < -0.39 is 8.07 Å². The highest BCUT2D eigenvalue weighted by Crippen LogP contribution is 2.24. The third kappa shape index (κ3) is 5.13. The van der Waals surface area contributed by atoms with E-state index in [1.807, 2.05) is 0 Å². The summed E-state index contributed by atoms with van der Waals surface area (Å²) in [6, 6.07) is 12.1. The summed E-state index contributed by atoms with van der Waals surface area (Å²) in [6.07, 6.45) is 3.51. The number of alkyl halides is 1. The summed E-state index contributed by atoms with van der Waals surface area (Å²) in [7, 11) is -0.938. The number of benzene rings is 1. The van der Waals surface area contributed by atoms with Crippen LogP contribution in [0.3, 0.4) is 0 Å². The van der Waals surface area contributed by atoms with Gasteiger partial charge < -0.3 is 0 Å². The highest BCUT2D eigenvalue weighted by Gasteiger charge is 2.13. The zero-order valence-electron chi connectivity index (χ0n) is 10.5. The van der Waals surface area contributed by atoms with Crippen molar-refractivity contribution >= 4 is 29.6 Å². The lowest BCUT2D eigenvalue weighted by Crippen LogP contribution is -2.18. The van der Waals surface area contributed by atoms with Crippen LogP contribution in [0.1, 0.15) is 12.0 Å². The molecule has 16 heavy (non-hydrogen) atoms. The molecule has 0 spiro atoms. The predicted molar refractivity (Wildman–Crippen MR) is 81.0 cm³/mol. The molecule has 0 aliphatic heterocycles. The van der Waals surface area contributed by atoms with Crippen LogP contribution in [-0.2, 0) is 0 Å². The van der Waals surface area contributed by atoms with Gasteiger partial charge in [-0.2, -0.15) is 0 Å². The Kier molecular flexibility index (Phi) is 5.49. The van der Waals surface area contributed by atoms with Gasteiger partial charge in [0, 0.05) is 13.4 Å². The summed E-state index contributed by atoms with van der Waals surface area (Å²) in [5, 5.41) is 0.947. The van der Waals surface area contributed by atoms with Crippen molar-refractivity contribution in [2.75, 3.05) is 5.33 Å². The van der Waals surface area contributed by atoms with Gasteiger partial charge in [-0.05, 0) is 17.6 Å². The van der Waals surface area contributed by atoms with E-state index >= 15 is 0 Å². The summed E-state index contributed by atoms with van der Waals surface area (Å²) >= 11 is 3.50. The Morgan fingerprint density at radius 1 is 1.19 bits per heavy atom. The summed E-state index contributed by atoms with van der Waals surface area (Å²) < 4.78 is 0. The molecule has 0 atom stereocenters. The molecule has 1 aromatic carbocycles. The van der Waals surface area contributed by atoms with Crippen LogP contribution in [0.5, 0.6) is 0 Å². The van der Waals surface area contributed by atoms with E-state index in [1.54, 1.807) is 0 Å². The Bertz CT molecular complexity index is 336. The Labute approximate surface area is 109 Å². The highest BCUT2D eigenvalue weighted by molar-refractivity contribution is 9.09. The second-order valence-electron chi connectivity index (χ2n) is 5.31. The van der Waals surface area contributed by atoms with Gasteiger partial charge in [-0.15, -0.1) is 0 Å². The van der Waals surface area contributed by atoms with Gasteiger partial charge in [-0.1, -0.05) is 78.0 Å². The van der Waals surface area contributed by atoms with Crippen LogP contribution in [0, 0.1) is 0 Å². The second kappa shape index (κ2) is 6.41. The molecule has 0 aromatic heterocycles. The topological polar surface area (TPSA) is 0 Å². The molecule has 0 N–H and O–H groups in total. The second-order valence-corrected chi connectivity index (χ2v) is 11.6. The Morgan fingerprint density at radius 2 is 1.81 bits per heavy atom. The van der Waals surface area contributed by atoms with Crippen molar-refractivity contribution in [2.45, 2.75) is 32.1 Å². The molecule has 0 amide bonds. The van der Waals surface area contributed by atoms with Crippen molar-refractivity contribution in [3.63, 3.8) is 0 Å². The zero-order valence-corrected chi connectivity index (χ0v) is 13.0. The first-order valence-corrected chi connectivity index (χ1v) is 10.7. The van der Waals surface area contributed by atoms with Gasteiger partial charge >= 0.3 is 0 Å². The average Bonchev–Trinajstić information content (AvgIpc) is 2.24. The summed E-state index contributed by atoms with van der Waals surface area (Å²) in [6.45, 7) is 7.30. The van der Waals surface area contributed by atoms with Crippen molar-refractivity contribution in [1.29, 1.82) is 0 Å². The van der Waals surface area contributed by atoms with Gasteiger partial charge in [0.1, 0.15) is 0 Å². The molecule has 0 bridgehead atoms. The fourth-order valence-electron chi connectivity index (χ4n) is 1.62. The minimum Gasteiger partial charge on any atom is -0.0883 e. The lowest BCUT2D eigenvalue weighted by Gasteiger charge is -2.17. The van der Waals surface area contributed by atoms with E-state index in [0.29, 0.717) is 0 Å². The molecule has 0 radical (unpaired) electrons. The van der Waals surface area contributed by atoms with E-state index in [0.717, 1.165) is 5.33 Å². The molecule has 0 saturated carbocycles. The monoisotopic (exact) mass is 296 g/mol. The quantitative estimate of drug-likeness (QED) is 0.518. The normalized spacial score (nSPS) is 12.9. The molecule has 0 aliphatic rings. The van der Waals surface area contributed by atoms with Gasteiger partial charge in [0.25, 0.3) is 0 Å². The third-order valence-electron chi connectivity index (χ3n) is 2.61. The van der Waals surface area contributed by atoms with Crippen molar-refractivity contribution < 1.29 is 0 Å². The Hall–Kier alpha value is -0.343. The van der Waals surface area contributed by atoms with Gasteiger partial charge in [0.15, 0.2) is 0 Å². The minimum atomic E-state index is -0.938. The number of allylic oxidation sites excluding steroid dienone is 2. The van der Waals surface area contributed by atoms with Gasteiger partial charge in [0.2, 0.25) is 0 Å². The van der Waals surface area contributed by atoms with E-state index in [2.05, 4.69) is 72.0 Å². The van der Waals surface area contributed by atoms with Crippen LogP contribution in [0.4, 0.5) is 0 Å². The van der Waals surface area contributed by atoms with Crippen molar-refractivity contribution in [3.8, 4) is 0 Å². The predicted octanol–water partition coefficient (Wildman–Crippen LogP) is 5.19. The maximum Gasteiger partial charge on any atom is 0.0445 e. The Balaban J connectivity index is 2.74. The molecule has 1 rings (SSSR count). The van der Waals surface area contributed by atoms with Gasteiger partial charge in [-0.3, -0.25) is 0 Å². The number of halogens is 1. The van der Waals surface area contributed by atoms with Crippen LogP contribution < -0.4 is 0 Å². The summed E-state index contributed by atoms with van der Waals surface area (Å²) in [5.74, 6) is 0. The molecule has 88 valence electrons. The SMILES string of the molecule is C[Si](C)(C)CCC(=CCBr)c1ccccc1. The molecule has 0 nitrogen and oxygen atoms in total. The number of rotatable bonds is 5. The molecule has 0 saturated heterocycles. The molecule has 0 fully saturated rings. The smallest absolute Gasteiger partial charge is 0.0445 e. The molecular weight excluding hydrogens is 276 g/mol. The van der Waals surface area contributed by atoms with E-state index in [1.165, 1.54) is 23.6 Å². The van der Waals surface area contributed by atoms with Crippen LogP contribution in [0.25, 0.3) is 5.57 Å². The van der Waals surface area contributed by atoms with Gasteiger partial charge in [-0.25, -0.2) is 0 Å². The third-order valence-corrected chi connectivity index (χ3v) is 4.69. The van der Waals surface area contributed by atoms with Crippen LogP contribution in [-0.4, -0.2) is 13.4 Å². The maximum absolute atomic E-state index is 3.50. The van der Waals surface area contributed by atoms with Crippen LogP contribution in [0.15, 0.2) is 36.4 Å². The maximum atomic E-state index is 3.50. The van der Waals surface area contributed by atoms with E-state index in [-0.39, 0.29) is 0 Å². The largest absolute Gasteiger partial charge is 0.0883 e. The van der Waals surface area contributed by atoms with E-state index in [9.17, 15) is 0 Å². The summed E-state index contributed by atoms with van der Waals surface area (Å²) in [5.41, 5.74) is 2.86. The standard InChI is InChI=1S/C14H21BrSi/c1-16(2,3)12-10-14(9-11-15)13-7-5-4-6-8-13/h4-9H,10-12H2,1-3H3. The fraction of sp³-hybridized carbons (Fsp3) is 0.429. The fourth-order valence-corrected chi connectivity index (χ4v) is 3.03. The van der Waals surface area contributed by atoms with Crippen molar-refractivity contribution in [3.05, 3.63) is 42.0 Å². The first kappa shape index (κ1) is 13.7. The molecule has 0 heterocycles. The highest BCUT2D eigenvalue weighted by atomic mass is 79.9. The average molecular weight is 297 g/mol. The van der Waals surface area contributed by atoms with Crippen LogP contribution >= 0.6 is 15.9 Å². The van der Waals surface area contributed by atoms with Crippen molar-refractivity contribution in [2.24, 2.45) is 0 Å². The number of hydrogen-bond donors (Lipinski definition) is 0. The zero-order chi connectivity index (χ0) is 12.0. The Morgan fingerprint density at radius 3 is 2.31 bits per heavy atom. The first-order valence-electron chi connectivity index (χ1n) is 5.83.